The van der Waals surface area contributed by atoms with Crippen LogP contribution in [0.2, 0.25) is 0 Å². The predicted molar refractivity (Wildman–Crippen MR) is 114 cm³/mol. The molecule has 2 bridgehead atoms. The van der Waals surface area contributed by atoms with Crippen LogP contribution in [-0.2, 0) is 24.7 Å². The smallest absolute Gasteiger partial charge is 0.141 e. The zero-order chi connectivity index (χ0) is 21.2. The van der Waals surface area contributed by atoms with Crippen LogP contribution >= 0.6 is 0 Å². The van der Waals surface area contributed by atoms with Crippen molar-refractivity contribution in [3.05, 3.63) is 64.2 Å². The number of fused-ring (bicyclic) bond motifs is 1. The Hall–Kier alpha value is -2.39. The first-order valence-electron chi connectivity index (χ1n) is 11.3. The van der Waals surface area contributed by atoms with Crippen molar-refractivity contribution >= 4 is 0 Å². The molecule has 0 aromatic heterocycles. The van der Waals surface area contributed by atoms with Crippen LogP contribution in [0.25, 0.3) is 0 Å². The predicted octanol–water partition coefficient (Wildman–Crippen LogP) is 2.10. The van der Waals surface area contributed by atoms with Crippen LogP contribution in [0.4, 0.5) is 0 Å². The topological polar surface area (TPSA) is 76.7 Å². The van der Waals surface area contributed by atoms with Crippen molar-refractivity contribution in [2.45, 2.75) is 61.4 Å². The third-order valence-electron chi connectivity index (χ3n) is 9.41. The molecule has 5 heteroatoms. The van der Waals surface area contributed by atoms with Crippen molar-refractivity contribution in [2.24, 2.45) is 5.41 Å². The summed E-state index contributed by atoms with van der Waals surface area (Å²) in [7, 11) is 2.11. The third kappa shape index (κ3) is 1.86. The molecule has 7 rings (SSSR count). The molecule has 5 nitrogen and oxygen atoms in total. The van der Waals surface area contributed by atoms with Crippen molar-refractivity contribution in [1.82, 2.24) is 4.90 Å². The van der Waals surface area contributed by atoms with E-state index in [0.717, 1.165) is 43.4 Å². The standard InChI is InChI=1S/C26H26N2O3/c1-28-9-8-25-20-15-6-7-18(13-27)21(20)31-23(25)22(29)24(14-26(25,30)19(28)10-15)11-16-4-2-3-5-17(16)12-24/h2-7,19,22-23,29-30H,8-12,14H2,1H3. The van der Waals surface area contributed by atoms with Gasteiger partial charge < -0.3 is 19.8 Å². The fourth-order valence-electron chi connectivity index (χ4n) is 8.14. The Bertz CT molecular complexity index is 1160. The van der Waals surface area contributed by atoms with Gasteiger partial charge in [-0.15, -0.1) is 0 Å². The van der Waals surface area contributed by atoms with Crippen molar-refractivity contribution in [2.75, 3.05) is 13.6 Å². The number of ether oxygens (including phenoxy) is 1. The highest BCUT2D eigenvalue weighted by atomic mass is 16.5. The Balaban J connectivity index is 1.48. The van der Waals surface area contributed by atoms with Crippen LogP contribution in [0.5, 0.6) is 5.75 Å². The monoisotopic (exact) mass is 414 g/mol. The van der Waals surface area contributed by atoms with E-state index in [0.29, 0.717) is 17.7 Å². The van der Waals surface area contributed by atoms with Gasteiger partial charge in [0.1, 0.15) is 17.9 Å². The number of aliphatic hydroxyl groups is 2. The van der Waals surface area contributed by atoms with Crippen LogP contribution < -0.4 is 4.74 Å². The van der Waals surface area contributed by atoms with Gasteiger partial charge in [-0.25, -0.2) is 0 Å². The molecule has 31 heavy (non-hydrogen) atoms. The van der Waals surface area contributed by atoms with Gasteiger partial charge in [-0.1, -0.05) is 30.3 Å². The number of likely N-dealkylation sites (tertiary alicyclic amines) is 1. The largest absolute Gasteiger partial charge is 0.485 e. The van der Waals surface area contributed by atoms with Crippen molar-refractivity contribution in [3.63, 3.8) is 0 Å². The number of nitriles is 1. The molecule has 2 N–H and O–H groups in total. The zero-order valence-electron chi connectivity index (χ0n) is 17.6. The normalized spacial score (nSPS) is 38.3. The molecule has 2 heterocycles. The highest BCUT2D eigenvalue weighted by Gasteiger charge is 2.76. The molecule has 2 aromatic carbocycles. The van der Waals surface area contributed by atoms with E-state index in [2.05, 4.69) is 42.3 Å². The molecule has 158 valence electrons. The molecule has 2 aliphatic heterocycles. The van der Waals surface area contributed by atoms with Gasteiger partial charge in [0.15, 0.2) is 0 Å². The minimum atomic E-state index is -1.00. The molecule has 1 saturated heterocycles. The molecule has 1 saturated carbocycles. The van der Waals surface area contributed by atoms with E-state index in [1.807, 2.05) is 12.1 Å². The van der Waals surface area contributed by atoms with E-state index in [4.69, 9.17) is 4.74 Å². The number of hydrogen-bond donors (Lipinski definition) is 2. The highest BCUT2D eigenvalue weighted by molar-refractivity contribution is 5.63. The van der Waals surface area contributed by atoms with E-state index < -0.39 is 28.6 Å². The van der Waals surface area contributed by atoms with E-state index in [1.165, 1.54) is 11.1 Å². The zero-order valence-corrected chi connectivity index (χ0v) is 17.6. The van der Waals surface area contributed by atoms with Gasteiger partial charge in [0.2, 0.25) is 0 Å². The second-order valence-corrected chi connectivity index (χ2v) is 10.6. The Morgan fingerprint density at radius 3 is 2.58 bits per heavy atom. The summed E-state index contributed by atoms with van der Waals surface area (Å²) >= 11 is 0. The lowest BCUT2D eigenvalue weighted by atomic mass is 9.44. The number of likely N-dealkylation sites (N-methyl/N-ethyl adjacent to an activating group) is 1. The van der Waals surface area contributed by atoms with Gasteiger partial charge >= 0.3 is 0 Å². The Labute approximate surface area is 181 Å². The average Bonchev–Trinajstić information content (AvgIpc) is 3.30. The number of hydrogen-bond acceptors (Lipinski definition) is 5. The minimum Gasteiger partial charge on any atom is -0.485 e. The van der Waals surface area contributed by atoms with Crippen LogP contribution in [0.3, 0.4) is 0 Å². The van der Waals surface area contributed by atoms with Crippen molar-refractivity contribution in [3.8, 4) is 11.8 Å². The van der Waals surface area contributed by atoms with Gasteiger partial charge in [0.05, 0.1) is 22.7 Å². The molecule has 5 aliphatic rings. The van der Waals surface area contributed by atoms with Gasteiger partial charge in [-0.05, 0) is 68.5 Å². The average molecular weight is 415 g/mol. The number of aliphatic hydroxyl groups excluding tert-OH is 1. The maximum Gasteiger partial charge on any atom is 0.141 e. The fourth-order valence-corrected chi connectivity index (χ4v) is 8.14. The molecule has 2 spiro atoms. The summed E-state index contributed by atoms with van der Waals surface area (Å²) in [5.74, 6) is 0.609. The van der Waals surface area contributed by atoms with E-state index >= 15 is 0 Å². The molecular weight excluding hydrogens is 388 g/mol. The lowest BCUT2D eigenvalue weighted by Gasteiger charge is -2.66. The van der Waals surface area contributed by atoms with Gasteiger partial charge in [0, 0.05) is 17.0 Å². The van der Waals surface area contributed by atoms with Crippen LogP contribution in [0, 0.1) is 16.7 Å². The molecular formula is C26H26N2O3. The first kappa shape index (κ1) is 18.2. The molecule has 5 unspecified atom stereocenters. The third-order valence-corrected chi connectivity index (χ3v) is 9.41. The molecule has 5 atom stereocenters. The van der Waals surface area contributed by atoms with Crippen molar-refractivity contribution in [1.29, 1.82) is 5.26 Å². The summed E-state index contributed by atoms with van der Waals surface area (Å²) in [5, 5.41) is 34.3. The van der Waals surface area contributed by atoms with E-state index in [9.17, 15) is 15.5 Å². The second kappa shape index (κ2) is 5.50. The minimum absolute atomic E-state index is 0.0215. The van der Waals surface area contributed by atoms with Crippen molar-refractivity contribution < 1.29 is 14.9 Å². The van der Waals surface area contributed by atoms with Crippen LogP contribution in [-0.4, -0.2) is 52.6 Å². The summed E-state index contributed by atoms with van der Waals surface area (Å²) in [4.78, 5) is 2.30. The quantitative estimate of drug-likeness (QED) is 0.691. The summed E-state index contributed by atoms with van der Waals surface area (Å²) in [6.07, 6.45) is 2.32. The molecule has 3 aliphatic carbocycles. The molecule has 0 amide bonds. The highest BCUT2D eigenvalue weighted by Crippen LogP contribution is 2.68. The van der Waals surface area contributed by atoms with Gasteiger partial charge in [-0.2, -0.15) is 5.26 Å². The molecule has 2 aromatic rings. The summed E-state index contributed by atoms with van der Waals surface area (Å²) in [6, 6.07) is 14.6. The van der Waals surface area contributed by atoms with Gasteiger partial charge in [-0.3, -0.25) is 0 Å². The summed E-state index contributed by atoms with van der Waals surface area (Å²) in [5.41, 5.74) is 3.11. The molecule has 2 fully saturated rings. The van der Waals surface area contributed by atoms with E-state index in [-0.39, 0.29) is 6.04 Å². The Kier molecular flexibility index (Phi) is 3.23. The SMILES string of the molecule is CN1CCC23c4c5ccc(C#N)c4OC2C(O)C2(Cc4ccccc4C2)CC3(O)C1C5. The maximum absolute atomic E-state index is 12.7. The Morgan fingerprint density at radius 2 is 1.87 bits per heavy atom. The first-order valence-corrected chi connectivity index (χ1v) is 11.3. The lowest BCUT2D eigenvalue weighted by molar-refractivity contribution is -0.243. The van der Waals surface area contributed by atoms with E-state index in [1.54, 1.807) is 0 Å². The molecule has 0 radical (unpaired) electrons. The summed E-state index contributed by atoms with van der Waals surface area (Å²) < 4.78 is 6.55. The van der Waals surface area contributed by atoms with Crippen LogP contribution in [0.1, 0.15) is 40.7 Å². The number of piperidine rings is 1. The number of rotatable bonds is 0. The Morgan fingerprint density at radius 1 is 1.13 bits per heavy atom. The fraction of sp³-hybridized carbons (Fsp3) is 0.500. The van der Waals surface area contributed by atoms with Gasteiger partial charge in [0.25, 0.3) is 0 Å². The van der Waals surface area contributed by atoms with Crippen LogP contribution in [0.15, 0.2) is 36.4 Å². The first-order chi connectivity index (χ1) is 14.9. The maximum atomic E-state index is 12.7. The second-order valence-electron chi connectivity index (χ2n) is 10.6. The number of nitrogens with zero attached hydrogens (tertiary/aromatic N) is 2. The number of benzene rings is 2. The summed E-state index contributed by atoms with van der Waals surface area (Å²) in [6.45, 7) is 0.850. The lowest BCUT2D eigenvalue weighted by Crippen LogP contribution is -2.79.